The van der Waals surface area contributed by atoms with Crippen molar-refractivity contribution in [2.24, 2.45) is 5.10 Å². The van der Waals surface area contributed by atoms with Crippen LogP contribution in [0, 0.1) is 5.82 Å². The van der Waals surface area contributed by atoms with Crippen LogP contribution < -0.4 is 20.2 Å². The highest BCUT2D eigenvalue weighted by atomic mass is 35.5. The summed E-state index contributed by atoms with van der Waals surface area (Å²) in [5, 5.41) is 6.51. The van der Waals surface area contributed by atoms with Gasteiger partial charge in [0.2, 0.25) is 0 Å². The van der Waals surface area contributed by atoms with Crippen LogP contribution in [0.3, 0.4) is 0 Å². The van der Waals surface area contributed by atoms with Gasteiger partial charge in [0.05, 0.1) is 23.5 Å². The van der Waals surface area contributed by atoms with E-state index in [9.17, 15) is 14.0 Å². The zero-order valence-corrected chi connectivity index (χ0v) is 18.4. The molecule has 0 aliphatic heterocycles. The standard InChI is InChI=1S/C24H21ClFN3O4/c1-2-32-22-13-16(11-12-21(22)33-15-17-7-3-5-9-19(17)26)14-27-29-24(31)23(30)28-20-10-6-4-8-18(20)25/h3-14H,2,15H2,1H3,(H,28,30)(H,29,31). The molecule has 7 nitrogen and oxygen atoms in total. The van der Waals surface area contributed by atoms with Gasteiger partial charge in [0, 0.05) is 5.56 Å². The Morgan fingerprint density at radius 3 is 2.52 bits per heavy atom. The molecular formula is C24H21ClFN3O4. The summed E-state index contributed by atoms with van der Waals surface area (Å²) < 4.78 is 25.1. The summed E-state index contributed by atoms with van der Waals surface area (Å²) in [5.41, 5.74) is 3.47. The number of rotatable bonds is 8. The molecule has 3 aromatic carbocycles. The van der Waals surface area contributed by atoms with Gasteiger partial charge < -0.3 is 14.8 Å². The van der Waals surface area contributed by atoms with Gasteiger partial charge in [-0.2, -0.15) is 5.10 Å². The van der Waals surface area contributed by atoms with E-state index in [1.54, 1.807) is 60.7 Å². The number of nitrogens with one attached hydrogen (secondary N) is 2. The van der Waals surface area contributed by atoms with Crippen molar-refractivity contribution in [2.75, 3.05) is 11.9 Å². The highest BCUT2D eigenvalue weighted by Gasteiger charge is 2.14. The van der Waals surface area contributed by atoms with Crippen LogP contribution in [0.4, 0.5) is 10.1 Å². The molecule has 0 fully saturated rings. The Bertz CT molecular complexity index is 1170. The number of hydrogen-bond acceptors (Lipinski definition) is 5. The van der Waals surface area contributed by atoms with Crippen molar-refractivity contribution in [2.45, 2.75) is 13.5 Å². The molecule has 0 spiro atoms. The monoisotopic (exact) mass is 469 g/mol. The maximum Gasteiger partial charge on any atom is 0.329 e. The van der Waals surface area contributed by atoms with Crippen molar-refractivity contribution in [1.29, 1.82) is 0 Å². The lowest BCUT2D eigenvalue weighted by molar-refractivity contribution is -0.136. The number of para-hydroxylation sites is 1. The van der Waals surface area contributed by atoms with Crippen molar-refractivity contribution in [3.05, 3.63) is 88.7 Å². The van der Waals surface area contributed by atoms with E-state index in [0.717, 1.165) is 0 Å². The Hall–Kier alpha value is -3.91. The van der Waals surface area contributed by atoms with Crippen molar-refractivity contribution >= 4 is 35.3 Å². The minimum atomic E-state index is -0.957. The normalized spacial score (nSPS) is 10.6. The second kappa shape index (κ2) is 11.6. The summed E-state index contributed by atoms with van der Waals surface area (Å²) in [6.07, 6.45) is 1.35. The molecule has 0 atom stereocenters. The van der Waals surface area contributed by atoms with E-state index in [0.29, 0.717) is 39.9 Å². The minimum Gasteiger partial charge on any atom is -0.490 e. The van der Waals surface area contributed by atoms with Gasteiger partial charge >= 0.3 is 11.8 Å². The van der Waals surface area contributed by atoms with Crippen molar-refractivity contribution < 1.29 is 23.5 Å². The van der Waals surface area contributed by atoms with E-state index >= 15 is 0 Å². The first-order valence-corrected chi connectivity index (χ1v) is 10.4. The smallest absolute Gasteiger partial charge is 0.329 e. The Labute approximate surface area is 195 Å². The first kappa shape index (κ1) is 23.7. The average molecular weight is 470 g/mol. The van der Waals surface area contributed by atoms with Crippen LogP contribution in [0.15, 0.2) is 71.8 Å². The molecule has 0 aromatic heterocycles. The Balaban J connectivity index is 1.61. The first-order valence-electron chi connectivity index (χ1n) is 10.00. The van der Waals surface area contributed by atoms with Crippen molar-refractivity contribution in [3.63, 3.8) is 0 Å². The van der Waals surface area contributed by atoms with Gasteiger partial charge in [-0.25, -0.2) is 9.82 Å². The molecule has 0 saturated carbocycles. The zero-order chi connectivity index (χ0) is 23.6. The number of benzene rings is 3. The molecule has 0 saturated heterocycles. The van der Waals surface area contributed by atoms with E-state index in [-0.39, 0.29) is 12.4 Å². The maximum atomic E-state index is 13.8. The second-order valence-corrected chi connectivity index (χ2v) is 7.06. The quantitative estimate of drug-likeness (QED) is 0.288. The maximum absolute atomic E-state index is 13.8. The van der Waals surface area contributed by atoms with Crippen LogP contribution in [0.1, 0.15) is 18.1 Å². The second-order valence-electron chi connectivity index (χ2n) is 6.65. The molecule has 0 radical (unpaired) electrons. The van der Waals surface area contributed by atoms with Crippen LogP contribution in [-0.2, 0) is 16.2 Å². The molecule has 33 heavy (non-hydrogen) atoms. The van der Waals surface area contributed by atoms with Crippen LogP contribution >= 0.6 is 11.6 Å². The van der Waals surface area contributed by atoms with E-state index in [4.69, 9.17) is 21.1 Å². The number of hydrogen-bond donors (Lipinski definition) is 2. The summed E-state index contributed by atoms with van der Waals surface area (Å²) >= 11 is 5.96. The number of amides is 2. The summed E-state index contributed by atoms with van der Waals surface area (Å²) in [6.45, 7) is 2.24. The summed E-state index contributed by atoms with van der Waals surface area (Å²) in [7, 11) is 0. The minimum absolute atomic E-state index is 0.0385. The fraction of sp³-hybridized carbons (Fsp3) is 0.125. The first-order chi connectivity index (χ1) is 16.0. The Morgan fingerprint density at radius 2 is 1.76 bits per heavy atom. The van der Waals surface area contributed by atoms with Gasteiger partial charge in [-0.05, 0) is 48.9 Å². The summed E-state index contributed by atoms with van der Waals surface area (Å²) in [6, 6.07) is 17.9. The molecule has 0 aliphatic carbocycles. The van der Waals surface area contributed by atoms with Crippen molar-refractivity contribution in [1.82, 2.24) is 5.43 Å². The number of anilines is 1. The van der Waals surface area contributed by atoms with Gasteiger partial charge in [-0.3, -0.25) is 9.59 Å². The third kappa shape index (κ3) is 6.78. The van der Waals surface area contributed by atoms with E-state index in [1.165, 1.54) is 12.3 Å². The number of halogens is 2. The molecule has 170 valence electrons. The molecule has 2 N–H and O–H groups in total. The van der Waals surface area contributed by atoms with Crippen molar-refractivity contribution in [3.8, 4) is 11.5 Å². The molecule has 9 heteroatoms. The Kier molecular flexibility index (Phi) is 8.37. The highest BCUT2D eigenvalue weighted by Crippen LogP contribution is 2.29. The fourth-order valence-corrected chi connectivity index (χ4v) is 2.90. The summed E-state index contributed by atoms with van der Waals surface area (Å²) in [5.74, 6) is -1.36. The molecular weight excluding hydrogens is 449 g/mol. The Morgan fingerprint density at radius 1 is 1.00 bits per heavy atom. The topological polar surface area (TPSA) is 89.0 Å². The highest BCUT2D eigenvalue weighted by molar-refractivity contribution is 6.41. The van der Waals surface area contributed by atoms with Crippen LogP contribution in [-0.4, -0.2) is 24.6 Å². The third-order valence-corrected chi connectivity index (χ3v) is 4.65. The lowest BCUT2D eigenvalue weighted by Crippen LogP contribution is -2.32. The summed E-state index contributed by atoms with van der Waals surface area (Å²) in [4.78, 5) is 23.9. The van der Waals surface area contributed by atoms with Crippen LogP contribution in [0.25, 0.3) is 0 Å². The predicted molar refractivity (Wildman–Crippen MR) is 124 cm³/mol. The number of carbonyl (C=O) groups excluding carboxylic acids is 2. The van der Waals surface area contributed by atoms with E-state index < -0.39 is 11.8 Å². The molecule has 2 amide bonds. The number of hydrazone groups is 1. The number of nitrogens with zero attached hydrogens (tertiary/aromatic N) is 1. The fourth-order valence-electron chi connectivity index (χ4n) is 2.72. The molecule has 0 aliphatic rings. The number of carbonyl (C=O) groups is 2. The van der Waals surface area contributed by atoms with Gasteiger partial charge in [0.25, 0.3) is 0 Å². The van der Waals surface area contributed by atoms with Crippen LogP contribution in [0.5, 0.6) is 11.5 Å². The molecule has 3 aromatic rings. The van der Waals surface area contributed by atoms with Gasteiger partial charge in [-0.15, -0.1) is 0 Å². The molecule has 0 unspecified atom stereocenters. The van der Waals surface area contributed by atoms with Gasteiger partial charge in [0.1, 0.15) is 12.4 Å². The largest absolute Gasteiger partial charge is 0.490 e. The molecule has 3 rings (SSSR count). The lowest BCUT2D eigenvalue weighted by Gasteiger charge is -2.13. The van der Waals surface area contributed by atoms with Gasteiger partial charge in [-0.1, -0.05) is 41.9 Å². The molecule has 0 bridgehead atoms. The lowest BCUT2D eigenvalue weighted by atomic mass is 10.2. The number of ether oxygens (including phenoxy) is 2. The van der Waals surface area contributed by atoms with E-state index in [2.05, 4.69) is 15.8 Å². The SMILES string of the molecule is CCOc1cc(C=NNC(=O)C(=O)Nc2ccccc2Cl)ccc1OCc1ccccc1F. The van der Waals surface area contributed by atoms with Gasteiger partial charge in [0.15, 0.2) is 11.5 Å². The predicted octanol–water partition coefficient (Wildman–Crippen LogP) is 4.55. The van der Waals surface area contributed by atoms with E-state index in [1.807, 2.05) is 6.92 Å². The third-order valence-electron chi connectivity index (χ3n) is 4.32. The average Bonchev–Trinajstić information content (AvgIpc) is 2.81. The zero-order valence-electron chi connectivity index (χ0n) is 17.7. The molecule has 0 heterocycles. The van der Waals surface area contributed by atoms with Crippen LogP contribution in [0.2, 0.25) is 5.02 Å².